The number of aromatic nitrogens is 3. The highest BCUT2D eigenvalue weighted by molar-refractivity contribution is 7.80. The lowest BCUT2D eigenvalue weighted by molar-refractivity contribution is 0.0684. The Kier molecular flexibility index (Phi) is 4.63. The maximum atomic E-state index is 10.0. The van der Waals surface area contributed by atoms with E-state index in [9.17, 15) is 13.2 Å². The highest BCUT2D eigenvalue weighted by Gasteiger charge is 2.05. The molecular formula is C4H8N4O6S. The van der Waals surface area contributed by atoms with Crippen molar-refractivity contribution < 1.29 is 27.1 Å². The minimum Gasteiger partial charge on any atom is -0.475 e. The summed E-state index contributed by atoms with van der Waals surface area (Å²) in [6, 6.07) is 0. The maximum absolute atomic E-state index is 10.0. The van der Waals surface area contributed by atoms with Crippen LogP contribution in [-0.2, 0) is 14.6 Å². The van der Waals surface area contributed by atoms with Crippen molar-refractivity contribution in [2.45, 2.75) is 0 Å². The number of nitrogens with zero attached hydrogens (tertiary/aromatic N) is 2. The Labute approximate surface area is 84.0 Å². The molecule has 0 aliphatic heterocycles. The number of nitrogens with two attached hydrogens (primary N) is 1. The number of hydrogen-bond donors (Lipinski definition) is 4. The Hall–Kier alpha value is -1.72. The number of carboxylic acid groups (broad SMARTS) is 1. The second-order valence-electron chi connectivity index (χ2n) is 1.94. The minimum absolute atomic E-state index is 0.0626. The fraction of sp³-hybridized carbons (Fsp3) is 0.250. The van der Waals surface area contributed by atoms with E-state index in [0.717, 1.165) is 7.11 Å². The molecule has 10 nitrogen and oxygen atoms in total. The van der Waals surface area contributed by atoms with Crippen molar-refractivity contribution in [3.8, 4) is 0 Å². The predicted molar refractivity (Wildman–Crippen MR) is 46.3 cm³/mol. The molecule has 0 aromatic carbocycles. The molecule has 1 rings (SSSR count). The molecule has 0 fully saturated rings. The van der Waals surface area contributed by atoms with Crippen molar-refractivity contribution in [1.82, 2.24) is 15.2 Å². The van der Waals surface area contributed by atoms with E-state index in [4.69, 9.17) is 15.4 Å². The monoisotopic (exact) mass is 240 g/mol. The first kappa shape index (κ1) is 13.3. The summed E-state index contributed by atoms with van der Waals surface area (Å²) < 4.78 is 29.7. The lowest BCUT2D eigenvalue weighted by atomic mass is 10.6. The molecule has 1 heterocycles. The molecule has 0 aliphatic rings. The standard InChI is InChI=1S/C3H4N4O2.CH4O4S/c4-3-5-1(2(8)9)6-7-3;1-5-6(2,3)4/h(H,8,9)(H3,4,5,6,7);1H3,(H,2,3,4). The molecule has 0 bridgehead atoms. The summed E-state index contributed by atoms with van der Waals surface area (Å²) in [5, 5.41) is 13.6. The molecule has 15 heavy (non-hydrogen) atoms. The first-order valence-electron chi connectivity index (χ1n) is 3.20. The van der Waals surface area contributed by atoms with Crippen molar-refractivity contribution in [1.29, 1.82) is 0 Å². The number of nitrogen functional groups attached to an aromatic ring is 1. The SMILES string of the molecule is COS(=O)(=O)O.Nc1n[nH]c(C(=O)O)n1. The average Bonchev–Trinajstić information content (AvgIpc) is 2.52. The lowest BCUT2D eigenvalue weighted by Gasteiger charge is -1.82. The predicted octanol–water partition coefficient (Wildman–Crippen LogP) is -1.48. The molecule has 0 spiro atoms. The number of hydrogen-bond acceptors (Lipinski definition) is 7. The largest absolute Gasteiger partial charge is 0.475 e. The molecular weight excluding hydrogens is 232 g/mol. The minimum atomic E-state index is -4.16. The van der Waals surface area contributed by atoms with E-state index >= 15 is 0 Å². The van der Waals surface area contributed by atoms with E-state index in [1.54, 1.807) is 0 Å². The molecule has 0 saturated heterocycles. The quantitative estimate of drug-likeness (QED) is 0.450. The van der Waals surface area contributed by atoms with Gasteiger partial charge in [0.05, 0.1) is 7.11 Å². The third-order valence-corrected chi connectivity index (χ3v) is 1.34. The molecule has 0 radical (unpaired) electrons. The van der Waals surface area contributed by atoms with E-state index in [-0.39, 0.29) is 11.8 Å². The van der Waals surface area contributed by atoms with Crippen LogP contribution in [0.15, 0.2) is 0 Å². The molecule has 1 aromatic rings. The number of carbonyl (C=O) groups is 1. The zero-order valence-corrected chi connectivity index (χ0v) is 8.22. The van der Waals surface area contributed by atoms with Crippen LogP contribution >= 0.6 is 0 Å². The zero-order valence-electron chi connectivity index (χ0n) is 7.41. The van der Waals surface area contributed by atoms with Crippen molar-refractivity contribution in [2.24, 2.45) is 0 Å². The van der Waals surface area contributed by atoms with Crippen LogP contribution in [0.3, 0.4) is 0 Å². The summed E-state index contributed by atoms with van der Waals surface area (Å²) >= 11 is 0. The third kappa shape index (κ3) is 6.36. The van der Waals surface area contributed by atoms with E-state index in [0.29, 0.717) is 0 Å². The van der Waals surface area contributed by atoms with Gasteiger partial charge in [0.1, 0.15) is 0 Å². The van der Waals surface area contributed by atoms with Gasteiger partial charge < -0.3 is 10.8 Å². The zero-order chi connectivity index (χ0) is 12.1. The summed E-state index contributed by atoms with van der Waals surface area (Å²) in [5.41, 5.74) is 5.00. The van der Waals surface area contributed by atoms with Gasteiger partial charge in [-0.15, -0.1) is 5.10 Å². The van der Waals surface area contributed by atoms with Gasteiger partial charge in [0, 0.05) is 0 Å². The summed E-state index contributed by atoms with van der Waals surface area (Å²) in [7, 11) is -3.29. The van der Waals surface area contributed by atoms with E-state index in [1.165, 1.54) is 0 Å². The van der Waals surface area contributed by atoms with Crippen molar-refractivity contribution in [3.63, 3.8) is 0 Å². The molecule has 1 aromatic heterocycles. The Morgan fingerprint density at radius 1 is 1.60 bits per heavy atom. The van der Waals surface area contributed by atoms with Crippen LogP contribution in [0.5, 0.6) is 0 Å². The van der Waals surface area contributed by atoms with E-state index in [1.807, 2.05) is 0 Å². The van der Waals surface area contributed by atoms with Crippen molar-refractivity contribution >= 4 is 22.3 Å². The molecule has 86 valence electrons. The molecule has 0 amide bonds. The number of carboxylic acids is 1. The van der Waals surface area contributed by atoms with E-state index < -0.39 is 16.4 Å². The van der Waals surface area contributed by atoms with Gasteiger partial charge in [-0.25, -0.2) is 4.79 Å². The fourth-order valence-corrected chi connectivity index (χ4v) is 0.370. The summed E-state index contributed by atoms with van der Waals surface area (Å²) in [6.45, 7) is 0. The van der Waals surface area contributed by atoms with Gasteiger partial charge in [-0.3, -0.25) is 13.8 Å². The van der Waals surface area contributed by atoms with Crippen LogP contribution in [-0.4, -0.2) is 46.3 Å². The molecule has 0 unspecified atom stereocenters. The van der Waals surface area contributed by atoms with Gasteiger partial charge in [-0.1, -0.05) is 0 Å². The summed E-state index contributed by atoms with van der Waals surface area (Å²) in [6.07, 6.45) is 0. The van der Waals surface area contributed by atoms with Crippen LogP contribution in [0.1, 0.15) is 10.6 Å². The first-order valence-corrected chi connectivity index (χ1v) is 4.57. The highest BCUT2D eigenvalue weighted by atomic mass is 32.3. The molecule has 5 N–H and O–H groups in total. The first-order chi connectivity index (χ1) is 6.76. The van der Waals surface area contributed by atoms with Gasteiger partial charge in [0.2, 0.25) is 11.8 Å². The molecule has 0 atom stereocenters. The second-order valence-corrected chi connectivity index (χ2v) is 3.13. The second kappa shape index (κ2) is 5.23. The van der Waals surface area contributed by atoms with Crippen LogP contribution in [0.2, 0.25) is 0 Å². The Bertz CT molecular complexity index is 424. The Morgan fingerprint density at radius 2 is 2.07 bits per heavy atom. The van der Waals surface area contributed by atoms with Gasteiger partial charge in [-0.2, -0.15) is 13.4 Å². The smallest absolute Gasteiger partial charge is 0.397 e. The normalized spacial score (nSPS) is 10.3. The highest BCUT2D eigenvalue weighted by Crippen LogP contribution is 1.90. The van der Waals surface area contributed by atoms with Gasteiger partial charge in [0.15, 0.2) is 0 Å². The molecule has 0 saturated carbocycles. The number of anilines is 1. The Balaban J connectivity index is 0.000000288. The Morgan fingerprint density at radius 3 is 2.20 bits per heavy atom. The van der Waals surface area contributed by atoms with Crippen LogP contribution < -0.4 is 5.73 Å². The van der Waals surface area contributed by atoms with Crippen molar-refractivity contribution in [3.05, 3.63) is 5.82 Å². The third-order valence-electron chi connectivity index (χ3n) is 0.916. The average molecular weight is 240 g/mol. The van der Waals surface area contributed by atoms with Crippen LogP contribution in [0.4, 0.5) is 5.95 Å². The van der Waals surface area contributed by atoms with Crippen LogP contribution in [0.25, 0.3) is 0 Å². The van der Waals surface area contributed by atoms with Gasteiger partial charge in [0.25, 0.3) is 0 Å². The number of aromatic carboxylic acids is 1. The van der Waals surface area contributed by atoms with E-state index in [2.05, 4.69) is 19.4 Å². The number of rotatable bonds is 2. The summed E-state index contributed by atoms with van der Waals surface area (Å²) in [4.78, 5) is 13.3. The number of nitrogens with one attached hydrogen (secondary N) is 1. The lowest BCUT2D eigenvalue weighted by Crippen LogP contribution is -1.98. The molecule has 0 aliphatic carbocycles. The van der Waals surface area contributed by atoms with Gasteiger partial charge >= 0.3 is 16.4 Å². The number of H-pyrrole nitrogens is 1. The van der Waals surface area contributed by atoms with Crippen molar-refractivity contribution in [2.75, 3.05) is 12.8 Å². The van der Waals surface area contributed by atoms with Gasteiger partial charge in [-0.05, 0) is 0 Å². The summed E-state index contributed by atoms with van der Waals surface area (Å²) in [5.74, 6) is -1.47. The number of aromatic amines is 1. The maximum Gasteiger partial charge on any atom is 0.397 e. The topological polar surface area (TPSA) is 168 Å². The fourth-order valence-electron chi connectivity index (χ4n) is 0.370. The molecule has 11 heteroatoms. The van der Waals surface area contributed by atoms with Crippen LogP contribution in [0, 0.1) is 0 Å².